The summed E-state index contributed by atoms with van der Waals surface area (Å²) < 4.78 is 28.5. The molecule has 0 saturated carbocycles. The van der Waals surface area contributed by atoms with Gasteiger partial charge in [-0.25, -0.2) is 18.4 Å². The molecule has 1 aliphatic rings. The van der Waals surface area contributed by atoms with E-state index in [2.05, 4.69) is 14.9 Å². The second-order valence-electron chi connectivity index (χ2n) is 5.58. The summed E-state index contributed by atoms with van der Waals surface area (Å²) in [5.41, 5.74) is 5.63. The molecule has 0 unspecified atom stereocenters. The molecule has 0 aliphatic carbocycles. The number of piperazine rings is 1. The van der Waals surface area contributed by atoms with Crippen LogP contribution in [0.3, 0.4) is 0 Å². The van der Waals surface area contributed by atoms with E-state index in [1.807, 2.05) is 0 Å². The first kappa shape index (κ1) is 19.1. The molecule has 0 aromatic carbocycles. The molecule has 0 bridgehead atoms. The van der Waals surface area contributed by atoms with E-state index in [9.17, 15) is 8.42 Å². The number of anilines is 1. The molecule has 0 amide bonds. The lowest BCUT2D eigenvalue weighted by atomic mass is 10.3. The van der Waals surface area contributed by atoms with E-state index in [4.69, 9.17) is 5.73 Å². The standard InChI is InChI=1S/C13H20N6O2S2.ClH/c1-10-16-12(9-17(10)2)23(20,21)19-5-3-18(4-6-19)8-11-7-15-13(14)22-11;/h7,9H,3-6,8H2,1-2H3,(H2,14,15);1H. The average molecular weight is 393 g/mol. The van der Waals surface area contributed by atoms with Crippen molar-refractivity contribution >= 4 is 38.9 Å². The molecular formula is C13H21ClN6O2S2. The summed E-state index contributed by atoms with van der Waals surface area (Å²) in [6.07, 6.45) is 3.34. The lowest BCUT2D eigenvalue weighted by molar-refractivity contribution is 0.182. The molecule has 134 valence electrons. The molecule has 2 aromatic rings. The smallest absolute Gasteiger partial charge is 0.262 e. The van der Waals surface area contributed by atoms with Gasteiger partial charge in [-0.3, -0.25) is 4.90 Å². The van der Waals surface area contributed by atoms with Gasteiger partial charge in [-0.1, -0.05) is 0 Å². The molecule has 3 heterocycles. The van der Waals surface area contributed by atoms with Gasteiger partial charge in [-0.05, 0) is 6.92 Å². The van der Waals surface area contributed by atoms with Gasteiger partial charge in [0.25, 0.3) is 10.0 Å². The van der Waals surface area contributed by atoms with Gasteiger partial charge in [-0.2, -0.15) is 4.31 Å². The largest absolute Gasteiger partial charge is 0.375 e. The monoisotopic (exact) mass is 392 g/mol. The van der Waals surface area contributed by atoms with Crippen molar-refractivity contribution in [2.75, 3.05) is 31.9 Å². The zero-order valence-electron chi connectivity index (χ0n) is 13.5. The quantitative estimate of drug-likeness (QED) is 0.822. The Labute approximate surface area is 151 Å². The molecule has 0 spiro atoms. The van der Waals surface area contributed by atoms with E-state index >= 15 is 0 Å². The van der Waals surface area contributed by atoms with Crippen LogP contribution in [0.2, 0.25) is 0 Å². The number of nitrogens with two attached hydrogens (primary N) is 1. The molecule has 2 N–H and O–H groups in total. The maximum absolute atomic E-state index is 12.6. The normalized spacial score (nSPS) is 16.9. The first-order chi connectivity index (χ1) is 10.9. The van der Waals surface area contributed by atoms with Gasteiger partial charge in [0.2, 0.25) is 0 Å². The molecule has 1 aliphatic heterocycles. The number of thiazole rings is 1. The van der Waals surface area contributed by atoms with Crippen molar-refractivity contribution in [2.45, 2.75) is 18.5 Å². The highest BCUT2D eigenvalue weighted by atomic mass is 35.5. The van der Waals surface area contributed by atoms with E-state index in [1.165, 1.54) is 15.6 Å². The second kappa shape index (κ2) is 7.36. The van der Waals surface area contributed by atoms with Crippen molar-refractivity contribution < 1.29 is 8.42 Å². The fourth-order valence-corrected chi connectivity index (χ4v) is 4.70. The number of nitrogen functional groups attached to an aromatic ring is 1. The minimum atomic E-state index is -3.51. The Balaban J connectivity index is 0.00000208. The Kier molecular flexibility index (Phi) is 5.87. The van der Waals surface area contributed by atoms with Crippen molar-refractivity contribution in [1.29, 1.82) is 0 Å². The summed E-state index contributed by atoms with van der Waals surface area (Å²) in [5, 5.41) is 0.688. The molecule has 24 heavy (non-hydrogen) atoms. The van der Waals surface area contributed by atoms with E-state index < -0.39 is 10.0 Å². The molecule has 0 radical (unpaired) electrons. The zero-order valence-corrected chi connectivity index (χ0v) is 16.0. The number of nitrogens with zero attached hydrogens (tertiary/aromatic N) is 5. The number of aromatic nitrogens is 3. The van der Waals surface area contributed by atoms with Crippen LogP contribution in [-0.4, -0.2) is 58.3 Å². The predicted molar refractivity (Wildman–Crippen MR) is 95.8 cm³/mol. The van der Waals surface area contributed by atoms with E-state index in [-0.39, 0.29) is 17.4 Å². The van der Waals surface area contributed by atoms with E-state index in [0.717, 1.165) is 11.4 Å². The van der Waals surface area contributed by atoms with Gasteiger partial charge in [0.1, 0.15) is 5.82 Å². The maximum Gasteiger partial charge on any atom is 0.262 e. The van der Waals surface area contributed by atoms with Crippen LogP contribution in [0.4, 0.5) is 5.13 Å². The summed E-state index contributed by atoms with van der Waals surface area (Å²) in [5.74, 6) is 0.685. The number of sulfonamides is 1. The van der Waals surface area contributed by atoms with E-state index in [1.54, 1.807) is 30.9 Å². The third-order valence-corrected chi connectivity index (χ3v) is 6.55. The number of halogens is 1. The highest BCUT2D eigenvalue weighted by molar-refractivity contribution is 7.89. The van der Waals surface area contributed by atoms with Crippen LogP contribution in [0.15, 0.2) is 17.4 Å². The van der Waals surface area contributed by atoms with Crippen LogP contribution >= 0.6 is 23.7 Å². The molecule has 3 rings (SSSR count). The number of rotatable bonds is 4. The van der Waals surface area contributed by atoms with Crippen molar-refractivity contribution in [3.63, 3.8) is 0 Å². The Morgan fingerprint density at radius 2 is 1.96 bits per heavy atom. The molecule has 8 nitrogen and oxygen atoms in total. The molecule has 11 heteroatoms. The van der Waals surface area contributed by atoms with Gasteiger partial charge >= 0.3 is 0 Å². The summed E-state index contributed by atoms with van der Waals surface area (Å²) in [7, 11) is -1.72. The molecule has 1 saturated heterocycles. The third-order valence-electron chi connectivity index (χ3n) is 3.97. The van der Waals surface area contributed by atoms with Crippen molar-refractivity contribution in [1.82, 2.24) is 23.7 Å². The fraction of sp³-hybridized carbons (Fsp3) is 0.538. The Bertz CT molecular complexity index is 776. The number of aryl methyl sites for hydroxylation is 2. The Morgan fingerprint density at radius 3 is 2.46 bits per heavy atom. The van der Waals surface area contributed by atoms with Gasteiger partial charge in [0.05, 0.1) is 0 Å². The van der Waals surface area contributed by atoms with Gasteiger partial charge < -0.3 is 10.3 Å². The highest BCUT2D eigenvalue weighted by Gasteiger charge is 2.30. The predicted octanol–water partition coefficient (Wildman–Crippen LogP) is 0.696. The summed E-state index contributed by atoms with van der Waals surface area (Å²) in [6, 6.07) is 0. The van der Waals surface area contributed by atoms with E-state index in [0.29, 0.717) is 37.1 Å². The van der Waals surface area contributed by atoms with Crippen molar-refractivity contribution in [2.24, 2.45) is 7.05 Å². The highest BCUT2D eigenvalue weighted by Crippen LogP contribution is 2.20. The zero-order chi connectivity index (χ0) is 16.6. The van der Waals surface area contributed by atoms with Crippen molar-refractivity contribution in [3.8, 4) is 0 Å². The molecule has 1 fully saturated rings. The molecule has 0 atom stereocenters. The lowest BCUT2D eigenvalue weighted by Gasteiger charge is -2.33. The van der Waals surface area contributed by atoms with Gasteiger partial charge in [0.15, 0.2) is 10.2 Å². The summed E-state index contributed by atoms with van der Waals surface area (Å²) in [4.78, 5) is 11.5. The minimum absolute atomic E-state index is 0. The first-order valence-electron chi connectivity index (χ1n) is 7.29. The van der Waals surface area contributed by atoms with Crippen LogP contribution in [0.1, 0.15) is 10.7 Å². The maximum atomic E-state index is 12.6. The molecular weight excluding hydrogens is 372 g/mol. The number of imidazole rings is 1. The first-order valence-corrected chi connectivity index (χ1v) is 9.54. The Hall–Kier alpha value is -1.20. The number of hydrogen-bond acceptors (Lipinski definition) is 7. The Morgan fingerprint density at radius 1 is 1.29 bits per heavy atom. The van der Waals surface area contributed by atoms with Crippen molar-refractivity contribution in [3.05, 3.63) is 23.1 Å². The SMILES string of the molecule is Cc1nc(S(=O)(=O)N2CCN(Cc3cnc(N)s3)CC2)cn1C.Cl. The van der Waals surface area contributed by atoms with Gasteiger partial charge in [0, 0.05) is 57.0 Å². The molecule has 2 aromatic heterocycles. The summed E-state index contributed by atoms with van der Waals surface area (Å²) in [6.45, 7) is 4.84. The fourth-order valence-electron chi connectivity index (χ4n) is 2.53. The van der Waals surface area contributed by atoms with Crippen LogP contribution in [-0.2, 0) is 23.6 Å². The van der Waals surface area contributed by atoms with Crippen LogP contribution in [0.5, 0.6) is 0 Å². The minimum Gasteiger partial charge on any atom is -0.375 e. The van der Waals surface area contributed by atoms with Gasteiger partial charge in [-0.15, -0.1) is 23.7 Å². The summed E-state index contributed by atoms with van der Waals surface area (Å²) >= 11 is 1.47. The van der Waals surface area contributed by atoms with Crippen LogP contribution in [0.25, 0.3) is 0 Å². The topological polar surface area (TPSA) is 97.3 Å². The average Bonchev–Trinajstić information content (AvgIpc) is 3.06. The second-order valence-corrected chi connectivity index (χ2v) is 8.61. The van der Waals surface area contributed by atoms with Crippen LogP contribution in [0, 0.1) is 6.92 Å². The lowest BCUT2D eigenvalue weighted by Crippen LogP contribution is -2.48. The van der Waals surface area contributed by atoms with Crippen LogP contribution < -0.4 is 5.73 Å². The third kappa shape index (κ3) is 3.89. The number of hydrogen-bond donors (Lipinski definition) is 1.